The normalized spacial score (nSPS) is 22.2. The Hall–Kier alpha value is -2.18. The van der Waals surface area contributed by atoms with Gasteiger partial charge in [-0.2, -0.15) is 9.97 Å². The quantitative estimate of drug-likeness (QED) is 0.215. The Kier molecular flexibility index (Phi) is 9.72. The lowest BCUT2D eigenvalue weighted by atomic mass is 9.99. The van der Waals surface area contributed by atoms with E-state index in [0.29, 0.717) is 23.3 Å². The first-order valence-corrected chi connectivity index (χ1v) is 12.6. The van der Waals surface area contributed by atoms with Crippen LogP contribution >= 0.6 is 11.6 Å². The van der Waals surface area contributed by atoms with E-state index >= 15 is 0 Å². The van der Waals surface area contributed by atoms with Gasteiger partial charge in [-0.15, -0.1) is 6.42 Å². The summed E-state index contributed by atoms with van der Waals surface area (Å²) < 4.78 is 7.50. The van der Waals surface area contributed by atoms with Crippen LogP contribution in [0.2, 0.25) is 5.28 Å². The highest BCUT2D eigenvalue weighted by atomic mass is 35.5. The molecule has 3 atom stereocenters. The first-order valence-electron chi connectivity index (χ1n) is 12.2. The maximum absolute atomic E-state index is 12.5. The second kappa shape index (κ2) is 12.5. The van der Waals surface area contributed by atoms with Crippen molar-refractivity contribution in [2.75, 3.05) is 11.9 Å². The van der Waals surface area contributed by atoms with Gasteiger partial charge in [-0.3, -0.25) is 4.79 Å². The van der Waals surface area contributed by atoms with Gasteiger partial charge in [0.25, 0.3) is 0 Å². The zero-order valence-corrected chi connectivity index (χ0v) is 20.6. The highest BCUT2D eigenvalue weighted by Gasteiger charge is 2.47. The lowest BCUT2D eigenvalue weighted by Crippen LogP contribution is -2.41. The number of nitrogens with one attached hydrogen (secondary N) is 1. The van der Waals surface area contributed by atoms with Gasteiger partial charge in [0.2, 0.25) is 11.2 Å². The van der Waals surface area contributed by atoms with Gasteiger partial charge in [-0.25, -0.2) is 0 Å². The van der Waals surface area contributed by atoms with Crippen molar-refractivity contribution in [1.29, 1.82) is 0 Å². The highest BCUT2D eigenvalue weighted by molar-refractivity contribution is 6.28. The molecule has 8 nitrogen and oxygen atoms in total. The molecule has 2 aromatic rings. The van der Waals surface area contributed by atoms with Crippen LogP contribution in [-0.4, -0.2) is 49.0 Å². The molecule has 0 unspecified atom stereocenters. The molecule has 0 aromatic carbocycles. The van der Waals surface area contributed by atoms with Crippen molar-refractivity contribution in [3.05, 3.63) is 17.5 Å². The Morgan fingerprint density at radius 3 is 2.56 bits per heavy atom. The molecule has 0 aliphatic carbocycles. The summed E-state index contributed by atoms with van der Waals surface area (Å²) in [6.07, 6.45) is 16.8. The van der Waals surface area contributed by atoms with Gasteiger partial charge < -0.3 is 24.8 Å². The monoisotopic (exact) mass is 490 g/mol. The first kappa shape index (κ1) is 26.4. The number of unbranched alkanes of at least 4 members (excludes halogenated alkanes) is 8. The number of ether oxygens (including phenoxy) is 1. The molecule has 2 aromatic heterocycles. The number of hydrogen-bond acceptors (Lipinski definition) is 6. The molecule has 1 aliphatic rings. The number of aliphatic hydroxyl groups is 2. The standard InChI is InChI=1S/C25H35ClN4O4/c1-3-5-6-7-8-9-10-11-12-13-20(33)27-22-18-14-15-30(23(18)29-24(26)28-22)21-16-19(32)25(4-2,17-31)34-21/h2,14-15,19,21,31-32H,3,5-13,16-17H2,1H3,(H,27,28,29,33)/t19-,21+,25+/m0/s1. The summed E-state index contributed by atoms with van der Waals surface area (Å²) in [6.45, 7) is 1.72. The zero-order valence-electron chi connectivity index (χ0n) is 19.8. The van der Waals surface area contributed by atoms with E-state index in [1.165, 1.54) is 38.5 Å². The largest absolute Gasteiger partial charge is 0.392 e. The molecule has 0 radical (unpaired) electrons. The van der Waals surface area contributed by atoms with E-state index in [-0.39, 0.29) is 17.6 Å². The van der Waals surface area contributed by atoms with E-state index in [0.717, 1.165) is 19.3 Å². The molecule has 34 heavy (non-hydrogen) atoms. The number of aromatic nitrogens is 3. The average Bonchev–Trinajstić information content (AvgIpc) is 3.39. The molecule has 1 saturated heterocycles. The maximum atomic E-state index is 12.5. The fourth-order valence-corrected chi connectivity index (χ4v) is 4.53. The molecule has 1 aliphatic heterocycles. The van der Waals surface area contributed by atoms with Crippen LogP contribution < -0.4 is 5.32 Å². The number of anilines is 1. The molecular formula is C25H35ClN4O4. The predicted octanol–water partition coefficient (Wildman–Crippen LogP) is 4.59. The molecule has 1 amide bonds. The van der Waals surface area contributed by atoms with E-state index in [1.807, 2.05) is 0 Å². The van der Waals surface area contributed by atoms with Gasteiger partial charge in [0.15, 0.2) is 5.60 Å². The minimum Gasteiger partial charge on any atom is -0.392 e. The summed E-state index contributed by atoms with van der Waals surface area (Å²) in [7, 11) is 0. The summed E-state index contributed by atoms with van der Waals surface area (Å²) in [4.78, 5) is 21.0. The van der Waals surface area contributed by atoms with Crippen LogP contribution in [-0.2, 0) is 9.53 Å². The number of nitrogens with zero attached hydrogens (tertiary/aromatic N) is 3. The molecule has 186 valence electrons. The van der Waals surface area contributed by atoms with Crippen LogP contribution in [0.1, 0.15) is 83.8 Å². The first-order chi connectivity index (χ1) is 16.4. The minimum absolute atomic E-state index is 0.0188. The third-order valence-electron chi connectivity index (χ3n) is 6.41. The van der Waals surface area contributed by atoms with Crippen LogP contribution in [0.4, 0.5) is 5.82 Å². The Labute approximate surface area is 206 Å². The van der Waals surface area contributed by atoms with Crippen molar-refractivity contribution in [1.82, 2.24) is 14.5 Å². The molecule has 3 heterocycles. The number of fused-ring (bicyclic) bond motifs is 1. The van der Waals surface area contributed by atoms with Crippen LogP contribution in [0.5, 0.6) is 0 Å². The average molecular weight is 491 g/mol. The van der Waals surface area contributed by atoms with Crippen LogP contribution in [0, 0.1) is 12.3 Å². The molecule has 1 fully saturated rings. The molecule has 3 rings (SSSR count). The number of terminal acetylenes is 1. The van der Waals surface area contributed by atoms with E-state index in [9.17, 15) is 15.0 Å². The number of hydrogen-bond donors (Lipinski definition) is 3. The lowest BCUT2D eigenvalue weighted by Gasteiger charge is -2.23. The molecule has 0 bridgehead atoms. The summed E-state index contributed by atoms with van der Waals surface area (Å²) in [5, 5.41) is 23.4. The molecule has 0 saturated carbocycles. The fraction of sp³-hybridized carbons (Fsp3) is 0.640. The summed E-state index contributed by atoms with van der Waals surface area (Å²) >= 11 is 6.14. The van der Waals surface area contributed by atoms with Gasteiger partial charge in [0.05, 0.1) is 12.0 Å². The highest BCUT2D eigenvalue weighted by Crippen LogP contribution is 2.38. The Balaban J connectivity index is 1.57. The molecular weight excluding hydrogens is 456 g/mol. The third-order valence-corrected chi connectivity index (χ3v) is 6.58. The Bertz CT molecular complexity index is 1000. The van der Waals surface area contributed by atoms with E-state index in [4.69, 9.17) is 22.8 Å². The number of amides is 1. The summed E-state index contributed by atoms with van der Waals surface area (Å²) in [6, 6.07) is 1.75. The van der Waals surface area contributed by atoms with Crippen molar-refractivity contribution >= 4 is 34.4 Å². The topological polar surface area (TPSA) is 110 Å². The summed E-state index contributed by atoms with van der Waals surface area (Å²) in [5.74, 6) is 2.57. The molecule has 3 N–H and O–H groups in total. The van der Waals surface area contributed by atoms with Crippen molar-refractivity contribution in [3.63, 3.8) is 0 Å². The van der Waals surface area contributed by atoms with Crippen LogP contribution in [0.25, 0.3) is 11.0 Å². The maximum Gasteiger partial charge on any atom is 0.226 e. The number of aliphatic hydroxyl groups excluding tert-OH is 2. The van der Waals surface area contributed by atoms with Crippen LogP contribution in [0.3, 0.4) is 0 Å². The Morgan fingerprint density at radius 1 is 1.26 bits per heavy atom. The number of rotatable bonds is 13. The zero-order chi connectivity index (χ0) is 24.6. The van der Waals surface area contributed by atoms with Crippen molar-refractivity contribution < 1.29 is 19.7 Å². The van der Waals surface area contributed by atoms with Crippen LogP contribution in [0.15, 0.2) is 12.3 Å². The Morgan fingerprint density at radius 2 is 1.94 bits per heavy atom. The predicted molar refractivity (Wildman–Crippen MR) is 132 cm³/mol. The van der Waals surface area contributed by atoms with Crippen molar-refractivity contribution in [2.45, 2.75) is 95.5 Å². The third kappa shape index (κ3) is 6.28. The van der Waals surface area contributed by atoms with Gasteiger partial charge in [-0.05, 0) is 24.1 Å². The van der Waals surface area contributed by atoms with E-state index < -0.39 is 24.5 Å². The van der Waals surface area contributed by atoms with Gasteiger partial charge in [0.1, 0.15) is 23.8 Å². The van der Waals surface area contributed by atoms with E-state index in [1.54, 1.807) is 16.8 Å². The minimum atomic E-state index is -1.47. The van der Waals surface area contributed by atoms with Crippen molar-refractivity contribution in [2.24, 2.45) is 0 Å². The second-order valence-electron chi connectivity index (χ2n) is 8.94. The molecule has 0 spiro atoms. The lowest BCUT2D eigenvalue weighted by molar-refractivity contribution is -0.116. The van der Waals surface area contributed by atoms with Gasteiger partial charge in [-0.1, -0.05) is 64.2 Å². The molecule has 9 heteroatoms. The van der Waals surface area contributed by atoms with Crippen molar-refractivity contribution in [3.8, 4) is 12.3 Å². The SMILES string of the molecule is C#C[C@]1(CO)O[C@@H](n2ccc3c(NC(=O)CCCCCCCCCCC)nc(Cl)nc32)C[C@@H]1O. The number of carbonyl (C=O) groups is 1. The fourth-order valence-electron chi connectivity index (χ4n) is 4.36. The van der Waals surface area contributed by atoms with E-state index in [2.05, 4.69) is 28.1 Å². The smallest absolute Gasteiger partial charge is 0.226 e. The number of halogens is 1. The number of carbonyl (C=O) groups excluding carboxylic acids is 1. The van der Waals surface area contributed by atoms with Gasteiger partial charge in [0, 0.05) is 19.0 Å². The summed E-state index contributed by atoms with van der Waals surface area (Å²) in [5.41, 5.74) is -1.02. The second-order valence-corrected chi connectivity index (χ2v) is 9.28. The van der Waals surface area contributed by atoms with Gasteiger partial charge >= 0.3 is 0 Å².